The molecule has 78 valence electrons. The number of hydrogen-bond donors (Lipinski definition) is 0. The summed E-state index contributed by atoms with van der Waals surface area (Å²) in [6.45, 7) is 2.23. The molecule has 0 fully saturated rings. The first-order valence-corrected chi connectivity index (χ1v) is 6.12. The van der Waals surface area contributed by atoms with E-state index in [1.54, 1.807) is 7.11 Å². The SMILES string of the molecule is CCCCCSc1cccc(OC)c1. The minimum absolute atomic E-state index is 0.950. The van der Waals surface area contributed by atoms with Crippen LogP contribution in [-0.4, -0.2) is 12.9 Å². The summed E-state index contributed by atoms with van der Waals surface area (Å²) < 4.78 is 5.17. The van der Waals surface area contributed by atoms with Crippen molar-refractivity contribution in [3.8, 4) is 5.75 Å². The summed E-state index contributed by atoms with van der Waals surface area (Å²) in [6.07, 6.45) is 3.92. The van der Waals surface area contributed by atoms with Gasteiger partial charge in [-0.2, -0.15) is 0 Å². The van der Waals surface area contributed by atoms with Gasteiger partial charge in [0.1, 0.15) is 5.75 Å². The second-order valence-corrected chi connectivity index (χ2v) is 4.40. The molecule has 0 amide bonds. The molecule has 0 radical (unpaired) electrons. The Morgan fingerprint density at radius 2 is 2.14 bits per heavy atom. The topological polar surface area (TPSA) is 9.23 Å². The van der Waals surface area contributed by atoms with Crippen molar-refractivity contribution in [1.29, 1.82) is 0 Å². The van der Waals surface area contributed by atoms with Crippen molar-refractivity contribution in [3.05, 3.63) is 24.3 Å². The van der Waals surface area contributed by atoms with Gasteiger partial charge >= 0.3 is 0 Å². The Morgan fingerprint density at radius 3 is 2.86 bits per heavy atom. The van der Waals surface area contributed by atoms with Crippen LogP contribution < -0.4 is 4.74 Å². The molecule has 0 unspecified atom stereocenters. The van der Waals surface area contributed by atoms with Crippen LogP contribution in [0, 0.1) is 0 Å². The molecule has 0 saturated carbocycles. The molecular formula is C12H18OS. The standard InChI is InChI=1S/C12H18OS/c1-3-4-5-9-14-12-8-6-7-11(10-12)13-2/h6-8,10H,3-5,9H2,1-2H3. The zero-order chi connectivity index (χ0) is 10.2. The lowest BCUT2D eigenvalue weighted by atomic mass is 10.3. The Labute approximate surface area is 90.9 Å². The molecule has 0 spiro atoms. The summed E-state index contributed by atoms with van der Waals surface area (Å²) in [5.41, 5.74) is 0. The van der Waals surface area contributed by atoms with Gasteiger partial charge in [0.2, 0.25) is 0 Å². The second kappa shape index (κ2) is 6.77. The molecule has 0 saturated heterocycles. The Balaban J connectivity index is 2.34. The maximum absolute atomic E-state index is 5.17. The maximum atomic E-state index is 5.17. The van der Waals surface area contributed by atoms with Crippen LogP contribution in [0.1, 0.15) is 26.2 Å². The summed E-state index contributed by atoms with van der Waals surface area (Å²) in [6, 6.07) is 8.26. The van der Waals surface area contributed by atoms with Crippen LogP contribution in [0.25, 0.3) is 0 Å². The number of unbranched alkanes of at least 4 members (excludes halogenated alkanes) is 2. The van der Waals surface area contributed by atoms with Gasteiger partial charge in [-0.3, -0.25) is 0 Å². The van der Waals surface area contributed by atoms with Crippen molar-refractivity contribution >= 4 is 11.8 Å². The first-order valence-electron chi connectivity index (χ1n) is 5.13. The van der Waals surface area contributed by atoms with Crippen LogP contribution in [0.2, 0.25) is 0 Å². The van der Waals surface area contributed by atoms with Gasteiger partial charge in [0.15, 0.2) is 0 Å². The Hall–Kier alpha value is -0.630. The van der Waals surface area contributed by atoms with Crippen LogP contribution in [0.15, 0.2) is 29.2 Å². The highest BCUT2D eigenvalue weighted by molar-refractivity contribution is 7.99. The van der Waals surface area contributed by atoms with Crippen molar-refractivity contribution in [2.75, 3.05) is 12.9 Å². The van der Waals surface area contributed by atoms with Crippen molar-refractivity contribution < 1.29 is 4.74 Å². The van der Waals surface area contributed by atoms with Gasteiger partial charge in [0.05, 0.1) is 7.11 Å². The van der Waals surface area contributed by atoms with Gasteiger partial charge in [-0.1, -0.05) is 25.8 Å². The van der Waals surface area contributed by atoms with E-state index in [1.165, 1.54) is 29.9 Å². The van der Waals surface area contributed by atoms with E-state index in [4.69, 9.17) is 4.74 Å². The van der Waals surface area contributed by atoms with Crippen LogP contribution >= 0.6 is 11.8 Å². The second-order valence-electron chi connectivity index (χ2n) is 3.23. The van der Waals surface area contributed by atoms with E-state index in [1.807, 2.05) is 23.9 Å². The highest BCUT2D eigenvalue weighted by Crippen LogP contribution is 2.23. The number of benzene rings is 1. The number of ether oxygens (including phenoxy) is 1. The third-order valence-corrected chi connectivity index (χ3v) is 3.14. The van der Waals surface area contributed by atoms with E-state index >= 15 is 0 Å². The average molecular weight is 210 g/mol. The number of rotatable bonds is 6. The van der Waals surface area contributed by atoms with E-state index in [-0.39, 0.29) is 0 Å². The van der Waals surface area contributed by atoms with Crippen molar-refractivity contribution in [2.45, 2.75) is 31.1 Å². The van der Waals surface area contributed by atoms with Gasteiger partial charge in [0.25, 0.3) is 0 Å². The van der Waals surface area contributed by atoms with Crippen LogP contribution in [-0.2, 0) is 0 Å². The summed E-state index contributed by atoms with van der Waals surface area (Å²) >= 11 is 1.91. The Kier molecular flexibility index (Phi) is 5.53. The molecule has 14 heavy (non-hydrogen) atoms. The molecule has 0 aliphatic heterocycles. The van der Waals surface area contributed by atoms with Gasteiger partial charge < -0.3 is 4.74 Å². The van der Waals surface area contributed by atoms with Crippen LogP contribution in [0.4, 0.5) is 0 Å². The molecule has 2 heteroatoms. The highest BCUT2D eigenvalue weighted by Gasteiger charge is 1.95. The fraction of sp³-hybridized carbons (Fsp3) is 0.500. The zero-order valence-electron chi connectivity index (χ0n) is 8.95. The minimum atomic E-state index is 0.950. The Morgan fingerprint density at radius 1 is 1.29 bits per heavy atom. The predicted octanol–water partition coefficient (Wildman–Crippen LogP) is 3.98. The van der Waals surface area contributed by atoms with Gasteiger partial charge in [-0.25, -0.2) is 0 Å². The molecule has 0 aliphatic carbocycles. The third kappa shape index (κ3) is 4.05. The van der Waals surface area contributed by atoms with Gasteiger partial charge in [-0.15, -0.1) is 11.8 Å². The fourth-order valence-corrected chi connectivity index (χ4v) is 2.19. The lowest BCUT2D eigenvalue weighted by Crippen LogP contribution is -1.83. The van der Waals surface area contributed by atoms with Gasteiger partial charge in [-0.05, 0) is 30.4 Å². The molecule has 1 rings (SSSR count). The maximum Gasteiger partial charge on any atom is 0.119 e. The van der Waals surface area contributed by atoms with Gasteiger partial charge in [0, 0.05) is 4.90 Å². The fourth-order valence-electron chi connectivity index (χ4n) is 1.23. The van der Waals surface area contributed by atoms with E-state index in [0.717, 1.165) is 5.75 Å². The number of thioether (sulfide) groups is 1. The summed E-state index contributed by atoms with van der Waals surface area (Å²) in [5.74, 6) is 2.16. The molecule has 1 nitrogen and oxygen atoms in total. The summed E-state index contributed by atoms with van der Waals surface area (Å²) in [4.78, 5) is 1.31. The molecule has 0 heterocycles. The summed E-state index contributed by atoms with van der Waals surface area (Å²) in [5, 5.41) is 0. The lowest BCUT2D eigenvalue weighted by Gasteiger charge is -2.03. The van der Waals surface area contributed by atoms with Crippen molar-refractivity contribution in [3.63, 3.8) is 0 Å². The van der Waals surface area contributed by atoms with Crippen LogP contribution in [0.3, 0.4) is 0 Å². The first kappa shape index (κ1) is 11.4. The average Bonchev–Trinajstić information content (AvgIpc) is 2.25. The lowest BCUT2D eigenvalue weighted by molar-refractivity contribution is 0.413. The van der Waals surface area contributed by atoms with E-state index in [9.17, 15) is 0 Å². The van der Waals surface area contributed by atoms with Crippen molar-refractivity contribution in [2.24, 2.45) is 0 Å². The molecule has 1 aromatic rings. The third-order valence-electron chi connectivity index (χ3n) is 2.06. The smallest absolute Gasteiger partial charge is 0.119 e. The molecule has 1 aromatic carbocycles. The molecule has 0 aromatic heterocycles. The quantitative estimate of drug-likeness (QED) is 0.519. The van der Waals surface area contributed by atoms with E-state index in [2.05, 4.69) is 19.1 Å². The zero-order valence-corrected chi connectivity index (χ0v) is 9.77. The molecule has 0 N–H and O–H groups in total. The number of methoxy groups -OCH3 is 1. The van der Waals surface area contributed by atoms with Crippen LogP contribution in [0.5, 0.6) is 5.75 Å². The largest absolute Gasteiger partial charge is 0.497 e. The van der Waals surface area contributed by atoms with E-state index < -0.39 is 0 Å². The molecule has 0 aliphatic rings. The number of hydrogen-bond acceptors (Lipinski definition) is 2. The Bertz CT molecular complexity index is 260. The van der Waals surface area contributed by atoms with E-state index in [0.29, 0.717) is 0 Å². The molecular weight excluding hydrogens is 192 g/mol. The predicted molar refractivity (Wildman–Crippen MR) is 63.2 cm³/mol. The monoisotopic (exact) mass is 210 g/mol. The normalized spacial score (nSPS) is 10.1. The summed E-state index contributed by atoms with van der Waals surface area (Å²) in [7, 11) is 1.71. The molecule has 0 bridgehead atoms. The molecule has 0 atom stereocenters. The van der Waals surface area contributed by atoms with Crippen molar-refractivity contribution in [1.82, 2.24) is 0 Å². The first-order chi connectivity index (χ1) is 6.86. The minimum Gasteiger partial charge on any atom is -0.497 e. The highest BCUT2D eigenvalue weighted by atomic mass is 32.2.